The van der Waals surface area contributed by atoms with Gasteiger partial charge in [-0.15, -0.1) is 0 Å². The molecule has 0 aliphatic heterocycles. The smallest absolute Gasteiger partial charge is 0.271 e. The zero-order valence-corrected chi connectivity index (χ0v) is 11.8. The Kier molecular flexibility index (Phi) is 4.95. The second kappa shape index (κ2) is 6.91. The highest BCUT2D eigenvalue weighted by Crippen LogP contribution is 2.16. The zero-order chi connectivity index (χ0) is 14.4. The molecular formula is C13H15ClN4O2. The van der Waals surface area contributed by atoms with E-state index in [1.807, 2.05) is 6.92 Å². The summed E-state index contributed by atoms with van der Waals surface area (Å²) in [7, 11) is 0. The Hall–Kier alpha value is -2.08. The van der Waals surface area contributed by atoms with Crippen LogP contribution in [0.2, 0.25) is 5.02 Å². The molecule has 2 rings (SSSR count). The van der Waals surface area contributed by atoms with Crippen molar-refractivity contribution < 1.29 is 9.32 Å². The van der Waals surface area contributed by atoms with Crippen LogP contribution in [0.3, 0.4) is 0 Å². The van der Waals surface area contributed by atoms with Crippen LogP contribution in [0.1, 0.15) is 29.6 Å². The van der Waals surface area contributed by atoms with Gasteiger partial charge in [0.05, 0.1) is 17.8 Å². The first-order valence-electron chi connectivity index (χ1n) is 6.29. The molecule has 2 aromatic heterocycles. The summed E-state index contributed by atoms with van der Waals surface area (Å²) in [6.07, 6.45) is 2.49. The number of carbonyl (C=O) groups excluding carboxylic acids is 1. The summed E-state index contributed by atoms with van der Waals surface area (Å²) in [5.41, 5.74) is 0.187. The molecule has 0 saturated heterocycles. The van der Waals surface area contributed by atoms with Gasteiger partial charge in [0.2, 0.25) is 0 Å². The highest BCUT2D eigenvalue weighted by molar-refractivity contribution is 6.33. The molecule has 0 aliphatic rings. The Morgan fingerprint density at radius 2 is 2.25 bits per heavy atom. The molecule has 106 valence electrons. The molecule has 0 bridgehead atoms. The van der Waals surface area contributed by atoms with Crippen LogP contribution < -0.4 is 10.6 Å². The number of anilines is 1. The first-order chi connectivity index (χ1) is 9.70. The lowest BCUT2D eigenvalue weighted by Crippen LogP contribution is -2.24. The number of nitrogens with zero attached hydrogens (tertiary/aromatic N) is 2. The molecular weight excluding hydrogens is 280 g/mol. The number of hydrogen-bond donors (Lipinski definition) is 2. The van der Waals surface area contributed by atoms with Gasteiger partial charge < -0.3 is 15.2 Å². The molecule has 2 aromatic rings. The Morgan fingerprint density at radius 3 is 2.95 bits per heavy atom. The summed E-state index contributed by atoms with van der Waals surface area (Å²) < 4.78 is 4.90. The van der Waals surface area contributed by atoms with Gasteiger partial charge in [0.25, 0.3) is 5.91 Å². The SMILES string of the molecule is CCCNc1ccc(Cl)c(C(=O)NCc2ccno2)n1. The lowest BCUT2D eigenvalue weighted by atomic mass is 10.3. The Morgan fingerprint density at radius 1 is 1.40 bits per heavy atom. The minimum atomic E-state index is -0.355. The maximum Gasteiger partial charge on any atom is 0.271 e. The molecule has 0 radical (unpaired) electrons. The van der Waals surface area contributed by atoms with Gasteiger partial charge in [0, 0.05) is 12.6 Å². The van der Waals surface area contributed by atoms with Crippen molar-refractivity contribution in [3.05, 3.63) is 40.9 Å². The molecule has 7 heteroatoms. The fraction of sp³-hybridized carbons (Fsp3) is 0.308. The second-order valence-electron chi connectivity index (χ2n) is 4.12. The number of amides is 1. The third-order valence-electron chi connectivity index (χ3n) is 2.53. The van der Waals surface area contributed by atoms with Gasteiger partial charge in [0.15, 0.2) is 5.76 Å². The Labute approximate surface area is 121 Å². The number of carbonyl (C=O) groups is 1. The molecule has 6 nitrogen and oxygen atoms in total. The van der Waals surface area contributed by atoms with E-state index in [4.69, 9.17) is 16.1 Å². The Balaban J connectivity index is 2.04. The van der Waals surface area contributed by atoms with Crippen LogP contribution in [-0.2, 0) is 6.54 Å². The van der Waals surface area contributed by atoms with Gasteiger partial charge in [-0.25, -0.2) is 4.98 Å². The number of halogens is 1. The van der Waals surface area contributed by atoms with Crippen LogP contribution in [0.25, 0.3) is 0 Å². The van der Waals surface area contributed by atoms with E-state index >= 15 is 0 Å². The van der Waals surface area contributed by atoms with Gasteiger partial charge in [-0.05, 0) is 18.6 Å². The lowest BCUT2D eigenvalue weighted by Gasteiger charge is -2.08. The standard InChI is InChI=1S/C13H15ClN4O2/c1-2-6-15-11-4-3-10(14)12(18-11)13(19)16-8-9-5-7-17-20-9/h3-5,7H,2,6,8H2,1H3,(H,15,18)(H,16,19). The average Bonchev–Trinajstić information content (AvgIpc) is 2.97. The van der Waals surface area contributed by atoms with Crippen molar-refractivity contribution in [2.45, 2.75) is 19.9 Å². The molecule has 0 aliphatic carbocycles. The quantitative estimate of drug-likeness (QED) is 0.855. The van der Waals surface area contributed by atoms with Crippen molar-refractivity contribution >= 4 is 23.3 Å². The summed E-state index contributed by atoms with van der Waals surface area (Å²) in [6.45, 7) is 3.07. The molecule has 2 heterocycles. The third kappa shape index (κ3) is 3.71. The van der Waals surface area contributed by atoms with E-state index in [1.54, 1.807) is 18.2 Å². The summed E-state index contributed by atoms with van der Waals surface area (Å²) in [4.78, 5) is 16.2. The maximum absolute atomic E-state index is 12.0. The van der Waals surface area contributed by atoms with E-state index in [2.05, 4.69) is 20.8 Å². The molecule has 0 aromatic carbocycles. The van der Waals surface area contributed by atoms with Crippen molar-refractivity contribution in [2.24, 2.45) is 0 Å². The maximum atomic E-state index is 12.0. The van der Waals surface area contributed by atoms with Crippen LogP contribution in [0.5, 0.6) is 0 Å². The van der Waals surface area contributed by atoms with E-state index in [0.29, 0.717) is 16.6 Å². The van der Waals surface area contributed by atoms with Crippen molar-refractivity contribution in [3.63, 3.8) is 0 Å². The monoisotopic (exact) mass is 294 g/mol. The average molecular weight is 295 g/mol. The normalized spacial score (nSPS) is 10.3. The summed E-state index contributed by atoms with van der Waals surface area (Å²) in [5.74, 6) is 0.836. The molecule has 20 heavy (non-hydrogen) atoms. The molecule has 0 fully saturated rings. The zero-order valence-electron chi connectivity index (χ0n) is 11.0. The molecule has 0 spiro atoms. The largest absolute Gasteiger partial charge is 0.370 e. The van der Waals surface area contributed by atoms with Crippen LogP contribution in [-0.4, -0.2) is 22.6 Å². The summed E-state index contributed by atoms with van der Waals surface area (Å²) in [6, 6.07) is 5.07. The molecule has 0 unspecified atom stereocenters. The highest BCUT2D eigenvalue weighted by Gasteiger charge is 2.13. The number of hydrogen-bond acceptors (Lipinski definition) is 5. The van der Waals surface area contributed by atoms with Gasteiger partial charge in [-0.3, -0.25) is 4.79 Å². The molecule has 2 N–H and O–H groups in total. The predicted molar refractivity (Wildman–Crippen MR) is 75.7 cm³/mol. The Bertz CT molecular complexity index is 572. The van der Waals surface area contributed by atoms with E-state index in [1.165, 1.54) is 6.20 Å². The van der Waals surface area contributed by atoms with Crippen molar-refractivity contribution in [1.82, 2.24) is 15.5 Å². The molecule has 0 atom stereocenters. The summed E-state index contributed by atoms with van der Waals surface area (Å²) in [5, 5.41) is 9.65. The fourth-order valence-corrected chi connectivity index (χ4v) is 1.73. The first kappa shape index (κ1) is 14.3. The molecule has 0 saturated carbocycles. The van der Waals surface area contributed by atoms with E-state index < -0.39 is 0 Å². The first-order valence-corrected chi connectivity index (χ1v) is 6.66. The molecule has 1 amide bonds. The van der Waals surface area contributed by atoms with Gasteiger partial charge >= 0.3 is 0 Å². The number of pyridine rings is 1. The topological polar surface area (TPSA) is 80.0 Å². The van der Waals surface area contributed by atoms with E-state index in [9.17, 15) is 4.79 Å². The van der Waals surface area contributed by atoms with Gasteiger partial charge in [-0.1, -0.05) is 23.7 Å². The van der Waals surface area contributed by atoms with Crippen LogP contribution in [0.4, 0.5) is 5.82 Å². The van der Waals surface area contributed by atoms with Gasteiger partial charge in [-0.2, -0.15) is 0 Å². The second-order valence-corrected chi connectivity index (χ2v) is 4.52. The van der Waals surface area contributed by atoms with Crippen molar-refractivity contribution in [1.29, 1.82) is 0 Å². The number of aromatic nitrogens is 2. The minimum Gasteiger partial charge on any atom is -0.370 e. The number of rotatable bonds is 6. The third-order valence-corrected chi connectivity index (χ3v) is 2.84. The van der Waals surface area contributed by atoms with Crippen LogP contribution >= 0.6 is 11.6 Å². The highest BCUT2D eigenvalue weighted by atomic mass is 35.5. The summed E-state index contributed by atoms with van der Waals surface area (Å²) >= 11 is 6.00. The van der Waals surface area contributed by atoms with Gasteiger partial charge in [0.1, 0.15) is 11.5 Å². The van der Waals surface area contributed by atoms with Crippen LogP contribution in [0.15, 0.2) is 28.9 Å². The predicted octanol–water partition coefficient (Wildman–Crippen LogP) is 2.47. The van der Waals surface area contributed by atoms with Crippen molar-refractivity contribution in [2.75, 3.05) is 11.9 Å². The van der Waals surface area contributed by atoms with E-state index in [0.717, 1.165) is 13.0 Å². The van der Waals surface area contributed by atoms with Crippen molar-refractivity contribution in [3.8, 4) is 0 Å². The minimum absolute atomic E-state index is 0.187. The number of nitrogens with one attached hydrogen (secondary N) is 2. The lowest BCUT2D eigenvalue weighted by molar-refractivity contribution is 0.0942. The van der Waals surface area contributed by atoms with E-state index in [-0.39, 0.29) is 18.1 Å². The fourth-order valence-electron chi connectivity index (χ4n) is 1.54. The van der Waals surface area contributed by atoms with Crippen LogP contribution in [0, 0.1) is 0 Å².